The Bertz CT molecular complexity index is 740. The number of amides is 1. The van der Waals surface area contributed by atoms with Crippen molar-refractivity contribution in [2.24, 2.45) is 0 Å². The van der Waals surface area contributed by atoms with Crippen molar-refractivity contribution in [1.29, 1.82) is 0 Å². The van der Waals surface area contributed by atoms with Crippen molar-refractivity contribution in [1.82, 2.24) is 9.78 Å². The van der Waals surface area contributed by atoms with E-state index < -0.39 is 0 Å². The number of benzene rings is 2. The molecule has 1 amide bonds. The molecule has 1 aromatic heterocycles. The van der Waals surface area contributed by atoms with Crippen molar-refractivity contribution in [2.45, 2.75) is 6.54 Å². The third-order valence-corrected chi connectivity index (χ3v) is 3.00. The fourth-order valence-electron chi connectivity index (χ4n) is 2.01. The van der Waals surface area contributed by atoms with Crippen LogP contribution in [0.4, 0.5) is 5.69 Å². The summed E-state index contributed by atoms with van der Waals surface area (Å²) in [5.74, 6) is 1.16. The predicted molar refractivity (Wildman–Crippen MR) is 83.8 cm³/mol. The molecule has 110 valence electrons. The first kappa shape index (κ1) is 13.9. The second-order valence-electron chi connectivity index (χ2n) is 4.66. The largest absolute Gasteiger partial charge is 0.455 e. The van der Waals surface area contributed by atoms with Crippen LogP contribution in [0, 0.1) is 0 Å². The van der Waals surface area contributed by atoms with Crippen LogP contribution in [0.1, 0.15) is 0 Å². The van der Waals surface area contributed by atoms with E-state index in [2.05, 4.69) is 10.4 Å². The SMILES string of the molecule is O=C(Cn1cccn1)Nc1ccccc1Oc1ccccc1. The average molecular weight is 293 g/mol. The van der Waals surface area contributed by atoms with Gasteiger partial charge in [-0.25, -0.2) is 0 Å². The van der Waals surface area contributed by atoms with Crippen LogP contribution in [0.5, 0.6) is 11.5 Å². The van der Waals surface area contributed by atoms with Gasteiger partial charge in [-0.15, -0.1) is 0 Å². The van der Waals surface area contributed by atoms with Crippen molar-refractivity contribution in [3.8, 4) is 11.5 Å². The van der Waals surface area contributed by atoms with Gasteiger partial charge in [-0.1, -0.05) is 30.3 Å². The van der Waals surface area contributed by atoms with Crippen LogP contribution in [0.15, 0.2) is 73.1 Å². The van der Waals surface area contributed by atoms with Gasteiger partial charge in [-0.2, -0.15) is 5.10 Å². The molecule has 2 aromatic carbocycles. The van der Waals surface area contributed by atoms with E-state index in [9.17, 15) is 4.79 Å². The number of carbonyl (C=O) groups is 1. The molecular weight excluding hydrogens is 278 g/mol. The molecule has 5 heteroatoms. The third kappa shape index (κ3) is 3.52. The predicted octanol–water partition coefficient (Wildman–Crippen LogP) is 3.31. The van der Waals surface area contributed by atoms with Crippen molar-refractivity contribution < 1.29 is 9.53 Å². The number of ether oxygens (including phenoxy) is 1. The highest BCUT2D eigenvalue weighted by atomic mass is 16.5. The van der Waals surface area contributed by atoms with Gasteiger partial charge in [0, 0.05) is 12.4 Å². The number of carbonyl (C=O) groups excluding carboxylic acids is 1. The smallest absolute Gasteiger partial charge is 0.246 e. The lowest BCUT2D eigenvalue weighted by molar-refractivity contribution is -0.116. The molecule has 0 aliphatic rings. The number of hydrogen-bond acceptors (Lipinski definition) is 3. The van der Waals surface area contributed by atoms with Gasteiger partial charge >= 0.3 is 0 Å². The minimum absolute atomic E-state index is 0.159. The molecule has 0 unspecified atom stereocenters. The quantitative estimate of drug-likeness (QED) is 0.785. The number of hydrogen-bond donors (Lipinski definition) is 1. The Morgan fingerprint density at radius 3 is 2.59 bits per heavy atom. The summed E-state index contributed by atoms with van der Waals surface area (Å²) in [4.78, 5) is 12.1. The molecule has 3 rings (SSSR count). The van der Waals surface area contributed by atoms with Gasteiger partial charge in [0.2, 0.25) is 5.91 Å². The molecule has 0 fully saturated rings. The molecular formula is C17H15N3O2. The summed E-state index contributed by atoms with van der Waals surface area (Å²) in [6, 6.07) is 18.6. The summed E-state index contributed by atoms with van der Waals surface area (Å²) in [6.07, 6.45) is 3.38. The van der Waals surface area contributed by atoms with E-state index in [1.54, 1.807) is 29.2 Å². The maximum Gasteiger partial charge on any atom is 0.246 e. The van der Waals surface area contributed by atoms with Gasteiger partial charge in [0.25, 0.3) is 0 Å². The highest BCUT2D eigenvalue weighted by molar-refractivity contribution is 5.92. The van der Waals surface area contributed by atoms with Crippen LogP contribution >= 0.6 is 0 Å². The molecule has 0 saturated carbocycles. The van der Waals surface area contributed by atoms with Crippen molar-refractivity contribution >= 4 is 11.6 Å². The Balaban J connectivity index is 1.72. The van der Waals surface area contributed by atoms with E-state index in [4.69, 9.17) is 4.74 Å². The van der Waals surface area contributed by atoms with E-state index >= 15 is 0 Å². The van der Waals surface area contributed by atoms with E-state index in [-0.39, 0.29) is 12.5 Å². The lowest BCUT2D eigenvalue weighted by Gasteiger charge is -2.12. The Labute approximate surface area is 128 Å². The molecule has 0 bridgehead atoms. The topological polar surface area (TPSA) is 56.2 Å². The number of nitrogens with zero attached hydrogens (tertiary/aromatic N) is 2. The van der Waals surface area contributed by atoms with E-state index in [0.717, 1.165) is 5.75 Å². The summed E-state index contributed by atoms with van der Waals surface area (Å²) < 4.78 is 7.37. The normalized spacial score (nSPS) is 10.2. The standard InChI is InChI=1S/C17H15N3O2/c21-17(13-20-12-6-11-18-20)19-15-9-4-5-10-16(15)22-14-7-2-1-3-8-14/h1-12H,13H2,(H,19,21). The molecule has 1 N–H and O–H groups in total. The average Bonchev–Trinajstić information content (AvgIpc) is 3.03. The molecule has 5 nitrogen and oxygen atoms in total. The second kappa shape index (κ2) is 6.58. The van der Waals surface area contributed by atoms with Crippen molar-refractivity contribution in [3.05, 3.63) is 73.1 Å². The highest BCUT2D eigenvalue weighted by Crippen LogP contribution is 2.28. The van der Waals surface area contributed by atoms with E-state index in [1.807, 2.05) is 48.5 Å². The first-order chi connectivity index (χ1) is 10.8. The number of para-hydroxylation sites is 3. The monoisotopic (exact) mass is 293 g/mol. The number of rotatable bonds is 5. The van der Waals surface area contributed by atoms with Gasteiger partial charge in [-0.3, -0.25) is 9.48 Å². The van der Waals surface area contributed by atoms with Crippen LogP contribution in [0.25, 0.3) is 0 Å². The van der Waals surface area contributed by atoms with E-state index in [0.29, 0.717) is 11.4 Å². The van der Waals surface area contributed by atoms with Crippen LogP contribution in [0.2, 0.25) is 0 Å². The lowest BCUT2D eigenvalue weighted by Crippen LogP contribution is -2.19. The molecule has 0 spiro atoms. The Hall–Kier alpha value is -3.08. The lowest BCUT2D eigenvalue weighted by atomic mass is 10.3. The molecule has 3 aromatic rings. The van der Waals surface area contributed by atoms with Gasteiger partial charge in [-0.05, 0) is 30.3 Å². The summed E-state index contributed by atoms with van der Waals surface area (Å²) in [7, 11) is 0. The van der Waals surface area contributed by atoms with Gasteiger partial charge in [0.05, 0.1) is 5.69 Å². The van der Waals surface area contributed by atoms with E-state index in [1.165, 1.54) is 0 Å². The number of aromatic nitrogens is 2. The zero-order valence-electron chi connectivity index (χ0n) is 11.8. The van der Waals surface area contributed by atoms with Crippen molar-refractivity contribution in [2.75, 3.05) is 5.32 Å². The van der Waals surface area contributed by atoms with Crippen LogP contribution in [-0.2, 0) is 11.3 Å². The van der Waals surface area contributed by atoms with Gasteiger partial charge in [0.1, 0.15) is 12.3 Å². The third-order valence-electron chi connectivity index (χ3n) is 3.00. The molecule has 0 saturated heterocycles. The summed E-state index contributed by atoms with van der Waals surface area (Å²) >= 11 is 0. The van der Waals surface area contributed by atoms with Crippen molar-refractivity contribution in [3.63, 3.8) is 0 Å². The van der Waals surface area contributed by atoms with Crippen LogP contribution < -0.4 is 10.1 Å². The highest BCUT2D eigenvalue weighted by Gasteiger charge is 2.09. The van der Waals surface area contributed by atoms with Gasteiger partial charge < -0.3 is 10.1 Å². The summed E-state index contributed by atoms with van der Waals surface area (Å²) in [5.41, 5.74) is 0.628. The molecule has 1 heterocycles. The maximum atomic E-state index is 12.1. The Morgan fingerprint density at radius 1 is 1.05 bits per heavy atom. The molecule has 22 heavy (non-hydrogen) atoms. The second-order valence-corrected chi connectivity index (χ2v) is 4.66. The maximum absolute atomic E-state index is 12.1. The zero-order chi connectivity index (χ0) is 15.2. The fraction of sp³-hybridized carbons (Fsp3) is 0.0588. The summed E-state index contributed by atoms with van der Waals surface area (Å²) in [5, 5.41) is 6.86. The zero-order valence-corrected chi connectivity index (χ0v) is 11.8. The first-order valence-corrected chi connectivity index (χ1v) is 6.90. The number of anilines is 1. The summed E-state index contributed by atoms with van der Waals surface area (Å²) in [6.45, 7) is 0.159. The molecule has 0 aliphatic carbocycles. The minimum atomic E-state index is -0.159. The Morgan fingerprint density at radius 2 is 1.82 bits per heavy atom. The van der Waals surface area contributed by atoms with Crippen LogP contribution in [-0.4, -0.2) is 15.7 Å². The Kier molecular flexibility index (Phi) is 4.15. The minimum Gasteiger partial charge on any atom is -0.455 e. The molecule has 0 aliphatic heterocycles. The fourth-order valence-corrected chi connectivity index (χ4v) is 2.01. The first-order valence-electron chi connectivity index (χ1n) is 6.90. The molecule has 0 radical (unpaired) electrons. The van der Waals surface area contributed by atoms with Gasteiger partial charge in [0.15, 0.2) is 5.75 Å². The number of nitrogens with one attached hydrogen (secondary N) is 1. The molecule has 0 atom stereocenters. The van der Waals surface area contributed by atoms with Crippen LogP contribution in [0.3, 0.4) is 0 Å².